The molecule has 0 atom stereocenters. The molecule has 0 aromatic heterocycles. The lowest BCUT2D eigenvalue weighted by Crippen LogP contribution is -2.57. The predicted molar refractivity (Wildman–Crippen MR) is 154 cm³/mol. The van der Waals surface area contributed by atoms with Crippen molar-refractivity contribution < 1.29 is 23.9 Å². The fourth-order valence-corrected chi connectivity index (χ4v) is 4.71. The number of aryl methyl sites for hydroxylation is 2. The van der Waals surface area contributed by atoms with Crippen molar-refractivity contribution in [2.75, 3.05) is 16.9 Å². The van der Waals surface area contributed by atoms with Gasteiger partial charge in [0.2, 0.25) is 0 Å². The van der Waals surface area contributed by atoms with Crippen LogP contribution in [0.25, 0.3) is 6.08 Å². The summed E-state index contributed by atoms with van der Waals surface area (Å²) in [5, 5.41) is 0. The average molecular weight is 533 g/mol. The molecule has 1 aliphatic heterocycles. The molecule has 4 aromatic carbocycles. The smallest absolute Gasteiger partial charge is 0.343 e. The van der Waals surface area contributed by atoms with Gasteiger partial charge in [-0.25, -0.2) is 14.6 Å². The number of methoxy groups -OCH3 is 1. The second-order valence-electron chi connectivity index (χ2n) is 9.49. The Morgan fingerprint density at radius 1 is 0.675 bits per heavy atom. The van der Waals surface area contributed by atoms with Crippen molar-refractivity contribution in [2.24, 2.45) is 0 Å². The summed E-state index contributed by atoms with van der Waals surface area (Å²) >= 11 is 0. The lowest BCUT2D eigenvalue weighted by atomic mass is 10.0. The van der Waals surface area contributed by atoms with Crippen molar-refractivity contribution >= 4 is 35.3 Å². The van der Waals surface area contributed by atoms with Crippen molar-refractivity contribution in [1.82, 2.24) is 0 Å². The van der Waals surface area contributed by atoms with Crippen molar-refractivity contribution in [3.63, 3.8) is 0 Å². The van der Waals surface area contributed by atoms with E-state index in [0.717, 1.165) is 26.5 Å². The van der Waals surface area contributed by atoms with Crippen LogP contribution >= 0.6 is 0 Å². The molecule has 0 aliphatic carbocycles. The van der Waals surface area contributed by atoms with E-state index in [1.165, 1.54) is 13.2 Å². The van der Waals surface area contributed by atoms with Gasteiger partial charge in [0.25, 0.3) is 11.8 Å². The van der Waals surface area contributed by atoms with Crippen LogP contribution in [0.5, 0.6) is 11.5 Å². The maximum absolute atomic E-state index is 13.6. The fourth-order valence-electron chi connectivity index (χ4n) is 4.71. The highest BCUT2D eigenvalue weighted by atomic mass is 16.5. The number of para-hydroxylation sites is 2. The monoisotopic (exact) mass is 532 g/mol. The SMILES string of the molecule is COc1cc(C=C2C(=O)N(c3ccccc3)C(=O)N(c3ccccc3)C2=O)ccc1OCc1cc(C)cc(C)c1. The molecule has 40 heavy (non-hydrogen) atoms. The normalized spacial score (nSPS) is 13.5. The molecule has 0 saturated carbocycles. The van der Waals surface area contributed by atoms with Crippen LogP contribution in [0.1, 0.15) is 22.3 Å². The van der Waals surface area contributed by atoms with Crippen LogP contribution < -0.4 is 19.3 Å². The second-order valence-corrected chi connectivity index (χ2v) is 9.49. The number of carbonyl (C=O) groups excluding carboxylic acids is 3. The van der Waals surface area contributed by atoms with E-state index in [-0.39, 0.29) is 5.57 Å². The lowest BCUT2D eigenvalue weighted by Gasteiger charge is -2.33. The van der Waals surface area contributed by atoms with Crippen molar-refractivity contribution in [3.05, 3.63) is 125 Å². The zero-order valence-corrected chi connectivity index (χ0v) is 22.5. The molecule has 1 saturated heterocycles. The van der Waals surface area contributed by atoms with Crippen molar-refractivity contribution in [2.45, 2.75) is 20.5 Å². The van der Waals surface area contributed by atoms with Crippen molar-refractivity contribution in [3.8, 4) is 11.5 Å². The van der Waals surface area contributed by atoms with Crippen LogP contribution in [0.3, 0.4) is 0 Å². The summed E-state index contributed by atoms with van der Waals surface area (Å²) in [6.45, 7) is 4.44. The number of amides is 4. The minimum Gasteiger partial charge on any atom is -0.493 e. The van der Waals surface area contributed by atoms with Gasteiger partial charge in [0, 0.05) is 0 Å². The minimum absolute atomic E-state index is 0.154. The standard InChI is InChI=1S/C33H28N2O5/c1-22-16-23(2)18-25(17-22)21-40-29-15-14-24(20-30(29)39-3)19-28-31(36)34(26-10-6-4-7-11-26)33(38)35(32(28)37)27-12-8-5-9-13-27/h4-20H,21H2,1-3H3. The number of urea groups is 1. The quantitative estimate of drug-likeness (QED) is 0.201. The van der Waals surface area contributed by atoms with Gasteiger partial charge in [0.05, 0.1) is 18.5 Å². The largest absolute Gasteiger partial charge is 0.493 e. The van der Waals surface area contributed by atoms with E-state index < -0.39 is 17.8 Å². The zero-order chi connectivity index (χ0) is 28.2. The number of barbiturate groups is 1. The highest BCUT2D eigenvalue weighted by molar-refractivity contribution is 6.46. The van der Waals surface area contributed by atoms with E-state index in [1.807, 2.05) is 13.8 Å². The Balaban J connectivity index is 1.50. The third-order valence-corrected chi connectivity index (χ3v) is 6.45. The number of nitrogens with zero attached hydrogens (tertiary/aromatic N) is 2. The van der Waals surface area contributed by atoms with E-state index in [2.05, 4.69) is 18.2 Å². The molecule has 7 nitrogen and oxygen atoms in total. The highest BCUT2D eigenvalue weighted by Gasteiger charge is 2.43. The van der Waals surface area contributed by atoms with Crippen LogP contribution in [0.4, 0.5) is 16.2 Å². The first kappa shape index (κ1) is 26.4. The average Bonchev–Trinajstić information content (AvgIpc) is 2.95. The first-order valence-electron chi connectivity index (χ1n) is 12.8. The number of imide groups is 2. The summed E-state index contributed by atoms with van der Waals surface area (Å²) < 4.78 is 11.6. The van der Waals surface area contributed by atoms with Crippen LogP contribution in [-0.2, 0) is 16.2 Å². The minimum atomic E-state index is -0.739. The number of ether oxygens (including phenoxy) is 2. The van der Waals surface area contributed by atoms with Gasteiger partial charge in [0.1, 0.15) is 12.2 Å². The maximum atomic E-state index is 13.6. The van der Waals surface area contributed by atoms with Crippen LogP contribution in [0, 0.1) is 13.8 Å². The van der Waals surface area contributed by atoms with Gasteiger partial charge in [-0.2, -0.15) is 0 Å². The number of hydrogen-bond acceptors (Lipinski definition) is 5. The maximum Gasteiger partial charge on any atom is 0.343 e. The highest BCUT2D eigenvalue weighted by Crippen LogP contribution is 2.33. The van der Waals surface area contributed by atoms with Gasteiger partial charge < -0.3 is 9.47 Å². The second kappa shape index (κ2) is 11.3. The number of hydrogen-bond donors (Lipinski definition) is 0. The Labute approximate surface area is 232 Å². The van der Waals surface area contributed by atoms with Gasteiger partial charge in [0.15, 0.2) is 11.5 Å². The summed E-state index contributed by atoms with van der Waals surface area (Å²) in [7, 11) is 1.53. The van der Waals surface area contributed by atoms with Gasteiger partial charge in [-0.1, -0.05) is 71.8 Å². The Morgan fingerprint density at radius 3 is 1.75 bits per heavy atom. The van der Waals surface area contributed by atoms with E-state index >= 15 is 0 Å². The molecule has 200 valence electrons. The summed E-state index contributed by atoms with van der Waals surface area (Å²) in [6.07, 6.45) is 1.47. The van der Waals surface area contributed by atoms with Gasteiger partial charge in [-0.15, -0.1) is 0 Å². The number of anilines is 2. The molecule has 5 rings (SSSR count). The molecule has 4 amide bonds. The Kier molecular flexibility index (Phi) is 7.46. The lowest BCUT2D eigenvalue weighted by molar-refractivity contribution is -0.121. The van der Waals surface area contributed by atoms with E-state index in [4.69, 9.17) is 9.47 Å². The van der Waals surface area contributed by atoms with Crippen LogP contribution in [-0.4, -0.2) is 25.0 Å². The van der Waals surface area contributed by atoms with E-state index in [0.29, 0.717) is 35.0 Å². The zero-order valence-electron chi connectivity index (χ0n) is 22.5. The molecule has 1 fully saturated rings. The first-order chi connectivity index (χ1) is 19.4. The molecule has 1 heterocycles. The topological polar surface area (TPSA) is 76.2 Å². The third kappa shape index (κ3) is 5.35. The molecule has 7 heteroatoms. The predicted octanol–water partition coefficient (Wildman–Crippen LogP) is 6.47. The number of rotatable bonds is 7. The van der Waals surface area contributed by atoms with Gasteiger partial charge >= 0.3 is 6.03 Å². The third-order valence-electron chi connectivity index (χ3n) is 6.45. The fraction of sp³-hybridized carbons (Fsp3) is 0.121. The first-order valence-corrected chi connectivity index (χ1v) is 12.8. The number of carbonyl (C=O) groups is 3. The Hall–Kier alpha value is -5.17. The summed E-state index contributed by atoms with van der Waals surface area (Å²) in [5.74, 6) is -0.438. The molecule has 0 spiro atoms. The Morgan fingerprint density at radius 2 is 1.23 bits per heavy atom. The van der Waals surface area contributed by atoms with Crippen LogP contribution in [0.2, 0.25) is 0 Å². The summed E-state index contributed by atoms with van der Waals surface area (Å²) in [5.41, 5.74) is 4.47. The van der Waals surface area contributed by atoms with E-state index in [1.54, 1.807) is 78.9 Å². The van der Waals surface area contributed by atoms with Crippen LogP contribution in [0.15, 0.2) is 103 Å². The molecule has 0 unspecified atom stereocenters. The molecular weight excluding hydrogens is 504 g/mol. The Bertz CT molecular complexity index is 1530. The van der Waals surface area contributed by atoms with Gasteiger partial charge in [-0.3, -0.25) is 9.59 Å². The van der Waals surface area contributed by atoms with E-state index in [9.17, 15) is 14.4 Å². The molecule has 0 N–H and O–H groups in total. The summed E-state index contributed by atoms with van der Waals surface area (Å²) in [6, 6.07) is 27.7. The number of benzene rings is 4. The molecular formula is C33H28N2O5. The molecule has 1 aliphatic rings. The molecule has 0 bridgehead atoms. The molecule has 4 aromatic rings. The summed E-state index contributed by atoms with van der Waals surface area (Å²) in [4.78, 5) is 42.7. The van der Waals surface area contributed by atoms with Crippen molar-refractivity contribution in [1.29, 1.82) is 0 Å². The van der Waals surface area contributed by atoms with Gasteiger partial charge in [-0.05, 0) is 67.4 Å². The molecule has 0 radical (unpaired) electrons.